The van der Waals surface area contributed by atoms with Gasteiger partial charge >= 0.3 is 0 Å². The number of ether oxygens (including phenoxy) is 2. The Morgan fingerprint density at radius 2 is 1.91 bits per heavy atom. The maximum Gasteiger partial charge on any atom is 0.290 e. The van der Waals surface area contributed by atoms with Crippen molar-refractivity contribution in [2.45, 2.75) is 44.1 Å². The summed E-state index contributed by atoms with van der Waals surface area (Å²) in [6, 6.07) is 11.4. The lowest BCUT2D eigenvalue weighted by Gasteiger charge is -2.45. The molecule has 9 heteroatoms. The molecule has 1 aliphatic carbocycles. The predicted molar refractivity (Wildman–Crippen MR) is 117 cm³/mol. The van der Waals surface area contributed by atoms with Gasteiger partial charge in [0.25, 0.3) is 12.4 Å². The number of hydrogen-bond donors (Lipinski definition) is 1. The summed E-state index contributed by atoms with van der Waals surface area (Å²) in [5.41, 5.74) is 2.02. The van der Waals surface area contributed by atoms with Crippen molar-refractivity contribution in [3.8, 4) is 5.75 Å². The van der Waals surface area contributed by atoms with Crippen molar-refractivity contribution in [1.82, 2.24) is 14.8 Å². The van der Waals surface area contributed by atoms with Gasteiger partial charge in [-0.2, -0.15) is 0 Å². The highest BCUT2D eigenvalue weighted by molar-refractivity contribution is 5.87. The van der Waals surface area contributed by atoms with E-state index in [0.29, 0.717) is 13.1 Å². The second kappa shape index (κ2) is 9.99. The first-order valence-corrected chi connectivity index (χ1v) is 10.9. The third-order valence-corrected chi connectivity index (χ3v) is 5.95. The fraction of sp³-hybridized carbons (Fsp3) is 0.417. The highest BCUT2D eigenvalue weighted by Crippen LogP contribution is 2.40. The standard InChI is InChI=1S/C23H25N3O4.CH2O2/c1-15-4-8-18(9-5-15)30-19-12-25(13-19)23(28)22-21(16-3-2-10-24-11-16)26(17-6-7-17)20(27)14-29-22;2-1-3/h2-5,8-11,17,19,21-22H,6-7,12-14H2,1H3;1H,(H,2,3)/t21-,22+;/m1./s1. The molecule has 0 unspecified atom stereocenters. The van der Waals surface area contributed by atoms with Crippen molar-refractivity contribution >= 4 is 18.3 Å². The molecule has 1 aromatic heterocycles. The lowest BCUT2D eigenvalue weighted by molar-refractivity contribution is -0.174. The van der Waals surface area contributed by atoms with E-state index in [-0.39, 0.29) is 37.0 Å². The number of aromatic nitrogens is 1. The number of likely N-dealkylation sites (tertiary alicyclic amines) is 1. The van der Waals surface area contributed by atoms with Crippen molar-refractivity contribution < 1.29 is 29.0 Å². The Bertz CT molecular complexity index is 973. The fourth-order valence-corrected chi connectivity index (χ4v) is 4.19. The molecule has 2 saturated heterocycles. The normalized spacial score (nSPS) is 22.6. The molecule has 9 nitrogen and oxygen atoms in total. The predicted octanol–water partition coefficient (Wildman–Crippen LogP) is 1.81. The van der Waals surface area contributed by atoms with Crippen molar-refractivity contribution in [3.63, 3.8) is 0 Å². The van der Waals surface area contributed by atoms with Gasteiger partial charge in [0.15, 0.2) is 6.10 Å². The first-order chi connectivity index (χ1) is 16.0. The molecular weight excluding hydrogens is 426 g/mol. The molecule has 2 amide bonds. The topological polar surface area (TPSA) is 109 Å². The van der Waals surface area contributed by atoms with E-state index in [4.69, 9.17) is 19.4 Å². The minimum absolute atomic E-state index is 0.0294. The first kappa shape index (κ1) is 22.7. The van der Waals surface area contributed by atoms with Crippen LogP contribution in [-0.4, -0.2) is 76.1 Å². The molecule has 3 heterocycles. The van der Waals surface area contributed by atoms with Crippen molar-refractivity contribution in [2.75, 3.05) is 19.7 Å². The van der Waals surface area contributed by atoms with Crippen LogP contribution < -0.4 is 4.74 Å². The smallest absolute Gasteiger partial charge is 0.290 e. The number of carbonyl (C=O) groups excluding carboxylic acids is 2. The average molecular weight is 453 g/mol. The van der Waals surface area contributed by atoms with Crippen LogP contribution in [0.2, 0.25) is 0 Å². The van der Waals surface area contributed by atoms with Crippen LogP contribution in [0.1, 0.15) is 30.0 Å². The quantitative estimate of drug-likeness (QED) is 0.688. The summed E-state index contributed by atoms with van der Waals surface area (Å²) >= 11 is 0. The number of pyridine rings is 1. The SMILES string of the molecule is Cc1ccc(OC2CN(C(=O)[C@H]3OCC(=O)N(C4CC4)[C@@H]3c3cccnc3)C2)cc1.O=CO. The molecule has 0 bridgehead atoms. The monoisotopic (exact) mass is 453 g/mol. The molecule has 2 atom stereocenters. The van der Waals surface area contributed by atoms with Crippen molar-refractivity contribution in [3.05, 3.63) is 59.9 Å². The molecule has 0 radical (unpaired) electrons. The van der Waals surface area contributed by atoms with Crippen LogP contribution in [-0.2, 0) is 19.1 Å². The largest absolute Gasteiger partial charge is 0.487 e. The highest BCUT2D eigenvalue weighted by atomic mass is 16.5. The molecular formula is C24H27N3O6. The number of morpholine rings is 1. The summed E-state index contributed by atoms with van der Waals surface area (Å²) in [5, 5.41) is 6.89. The summed E-state index contributed by atoms with van der Waals surface area (Å²) in [4.78, 5) is 42.1. The minimum Gasteiger partial charge on any atom is -0.487 e. The zero-order valence-electron chi connectivity index (χ0n) is 18.4. The van der Waals surface area contributed by atoms with Gasteiger partial charge in [0.2, 0.25) is 5.91 Å². The summed E-state index contributed by atoms with van der Waals surface area (Å²) in [7, 11) is 0. The van der Waals surface area contributed by atoms with Crippen LogP contribution in [0.25, 0.3) is 0 Å². The maximum absolute atomic E-state index is 13.3. The Hall–Kier alpha value is -3.46. The zero-order chi connectivity index (χ0) is 23.4. The van der Waals surface area contributed by atoms with Gasteiger partial charge in [0.05, 0.1) is 19.1 Å². The highest BCUT2D eigenvalue weighted by Gasteiger charge is 2.49. The molecule has 1 N–H and O–H groups in total. The molecule has 0 spiro atoms. The molecule has 3 aliphatic rings. The second-order valence-corrected chi connectivity index (χ2v) is 8.40. The van der Waals surface area contributed by atoms with Gasteiger partial charge in [-0.1, -0.05) is 23.8 Å². The van der Waals surface area contributed by atoms with Gasteiger partial charge < -0.3 is 24.4 Å². The lowest BCUT2D eigenvalue weighted by atomic mass is 9.96. The van der Waals surface area contributed by atoms with Gasteiger partial charge in [-0.3, -0.25) is 19.4 Å². The Balaban J connectivity index is 0.000000821. The lowest BCUT2D eigenvalue weighted by Crippen LogP contribution is -2.62. The van der Waals surface area contributed by atoms with Crippen LogP contribution >= 0.6 is 0 Å². The number of amides is 2. The number of nitrogens with zero attached hydrogens (tertiary/aromatic N) is 3. The maximum atomic E-state index is 13.3. The summed E-state index contributed by atoms with van der Waals surface area (Å²) in [6.45, 7) is 2.76. The Kier molecular flexibility index (Phi) is 6.88. The van der Waals surface area contributed by atoms with E-state index in [0.717, 1.165) is 24.2 Å². The number of aryl methyl sites for hydroxylation is 1. The third-order valence-electron chi connectivity index (χ3n) is 5.95. The van der Waals surface area contributed by atoms with E-state index in [1.165, 1.54) is 5.56 Å². The van der Waals surface area contributed by atoms with Gasteiger partial charge in [0, 0.05) is 18.4 Å². The molecule has 1 aromatic carbocycles. The van der Waals surface area contributed by atoms with Crippen molar-refractivity contribution in [2.24, 2.45) is 0 Å². The van der Waals surface area contributed by atoms with Crippen LogP contribution in [0, 0.1) is 6.92 Å². The van der Waals surface area contributed by atoms with E-state index in [2.05, 4.69) is 4.98 Å². The van der Waals surface area contributed by atoms with Gasteiger partial charge in [-0.25, -0.2) is 0 Å². The van der Waals surface area contributed by atoms with Crippen LogP contribution in [0.5, 0.6) is 5.75 Å². The molecule has 2 aromatic rings. The number of benzene rings is 1. The molecule has 3 fully saturated rings. The van der Waals surface area contributed by atoms with E-state index in [9.17, 15) is 9.59 Å². The van der Waals surface area contributed by atoms with Gasteiger partial charge in [-0.15, -0.1) is 0 Å². The first-order valence-electron chi connectivity index (χ1n) is 10.9. The molecule has 2 aliphatic heterocycles. The number of carbonyl (C=O) groups is 3. The Morgan fingerprint density at radius 1 is 1.21 bits per heavy atom. The van der Waals surface area contributed by atoms with Crippen LogP contribution in [0.4, 0.5) is 0 Å². The number of carboxylic acid groups (broad SMARTS) is 1. The molecule has 33 heavy (non-hydrogen) atoms. The summed E-state index contributed by atoms with van der Waals surface area (Å²) in [6.07, 6.45) is 4.61. The van der Waals surface area contributed by atoms with E-state index in [1.54, 1.807) is 17.3 Å². The van der Waals surface area contributed by atoms with Crippen LogP contribution in [0.3, 0.4) is 0 Å². The average Bonchev–Trinajstić information content (AvgIpc) is 3.63. The van der Waals surface area contributed by atoms with Crippen LogP contribution in [0.15, 0.2) is 48.8 Å². The summed E-state index contributed by atoms with van der Waals surface area (Å²) in [5.74, 6) is 0.663. The van der Waals surface area contributed by atoms with Gasteiger partial charge in [-0.05, 0) is 43.5 Å². The van der Waals surface area contributed by atoms with Crippen molar-refractivity contribution in [1.29, 1.82) is 0 Å². The molecule has 5 rings (SSSR count). The third kappa shape index (κ3) is 5.14. The molecule has 174 valence electrons. The number of hydrogen-bond acceptors (Lipinski definition) is 6. The Morgan fingerprint density at radius 3 is 2.52 bits per heavy atom. The summed E-state index contributed by atoms with van der Waals surface area (Å²) < 4.78 is 11.8. The fourth-order valence-electron chi connectivity index (χ4n) is 4.19. The van der Waals surface area contributed by atoms with Gasteiger partial charge in [0.1, 0.15) is 18.5 Å². The zero-order valence-corrected chi connectivity index (χ0v) is 18.4. The molecule has 1 saturated carbocycles. The minimum atomic E-state index is -0.715. The van der Waals surface area contributed by atoms with E-state index in [1.807, 2.05) is 48.2 Å². The number of rotatable bonds is 5. The second-order valence-electron chi connectivity index (χ2n) is 8.40. The van der Waals surface area contributed by atoms with E-state index >= 15 is 0 Å². The Labute approximate surface area is 191 Å². The van der Waals surface area contributed by atoms with E-state index < -0.39 is 12.1 Å².